The maximum Gasteiger partial charge on any atom is 0.243 e. The van der Waals surface area contributed by atoms with Gasteiger partial charge in [-0.15, -0.1) is 6.42 Å². The van der Waals surface area contributed by atoms with Gasteiger partial charge in [0.15, 0.2) is 12.0 Å². The summed E-state index contributed by atoms with van der Waals surface area (Å²) in [6.07, 6.45) is 2.26. The van der Waals surface area contributed by atoms with Crippen LogP contribution in [-0.2, 0) is 14.3 Å². The normalized spacial score (nSPS) is 38.6. The lowest BCUT2D eigenvalue weighted by molar-refractivity contribution is -0.148. The maximum absolute atomic E-state index is 14.6. The summed E-state index contributed by atoms with van der Waals surface area (Å²) in [5, 5.41) is 18.7. The molecular formula is C12H12FNO5. The Morgan fingerprint density at radius 2 is 2.32 bits per heavy atom. The number of amides is 1. The fraction of sp³-hybridized carbons (Fsp3) is 0.500. The summed E-state index contributed by atoms with van der Waals surface area (Å²) >= 11 is 0. The van der Waals surface area contributed by atoms with Crippen LogP contribution < -0.4 is 0 Å². The standard InChI is InChI=1S/C12H12FNO5/c1-2-12(13)10(18)8(6-15)19-11(12)14-4-3-7(16)5-9(14)17/h1,3-4,8,10-11,15,18H,5-6H2/t8-,10-,11-,12-/m1/s1. The molecule has 1 saturated heterocycles. The predicted molar refractivity (Wildman–Crippen MR) is 60.0 cm³/mol. The fourth-order valence-corrected chi connectivity index (χ4v) is 2.08. The van der Waals surface area contributed by atoms with Gasteiger partial charge >= 0.3 is 0 Å². The molecular weight excluding hydrogens is 257 g/mol. The highest BCUT2D eigenvalue weighted by Crippen LogP contribution is 2.37. The molecule has 0 aromatic carbocycles. The molecule has 0 radical (unpaired) electrons. The zero-order chi connectivity index (χ0) is 14.2. The van der Waals surface area contributed by atoms with E-state index in [0.717, 1.165) is 17.2 Å². The number of carbonyl (C=O) groups is 2. The molecule has 0 aliphatic carbocycles. The minimum absolute atomic E-state index is 0.413. The average Bonchev–Trinajstić information content (AvgIpc) is 2.63. The third kappa shape index (κ3) is 2.04. The highest BCUT2D eigenvalue weighted by molar-refractivity contribution is 6.06. The van der Waals surface area contributed by atoms with E-state index in [0.29, 0.717) is 0 Å². The van der Waals surface area contributed by atoms with Gasteiger partial charge in [0.05, 0.1) is 13.0 Å². The Labute approximate surface area is 108 Å². The first-order valence-electron chi connectivity index (χ1n) is 5.57. The van der Waals surface area contributed by atoms with Crippen LogP contribution >= 0.6 is 0 Å². The largest absolute Gasteiger partial charge is 0.394 e. The van der Waals surface area contributed by atoms with E-state index < -0.39 is 48.8 Å². The lowest BCUT2D eigenvalue weighted by atomic mass is 9.96. The number of halogens is 1. The molecule has 1 fully saturated rings. The molecule has 2 rings (SSSR count). The summed E-state index contributed by atoms with van der Waals surface area (Å²) in [6, 6.07) is 0. The topological polar surface area (TPSA) is 87.1 Å². The Hall–Kier alpha value is -1.75. The number of nitrogens with zero attached hydrogens (tertiary/aromatic N) is 1. The number of rotatable bonds is 2. The quantitative estimate of drug-likeness (QED) is 0.482. The van der Waals surface area contributed by atoms with Crippen LogP contribution in [0.4, 0.5) is 4.39 Å². The second kappa shape index (κ2) is 4.74. The zero-order valence-electron chi connectivity index (χ0n) is 9.82. The third-order valence-electron chi connectivity index (χ3n) is 3.13. The van der Waals surface area contributed by atoms with Gasteiger partial charge in [0.2, 0.25) is 11.6 Å². The predicted octanol–water partition coefficient (Wildman–Crippen LogP) is -1.28. The number of hydrogen-bond acceptors (Lipinski definition) is 5. The summed E-state index contributed by atoms with van der Waals surface area (Å²) < 4.78 is 19.7. The van der Waals surface area contributed by atoms with Crippen molar-refractivity contribution in [2.75, 3.05) is 6.61 Å². The van der Waals surface area contributed by atoms with Crippen LogP contribution in [0.2, 0.25) is 0 Å². The van der Waals surface area contributed by atoms with Crippen molar-refractivity contribution in [1.82, 2.24) is 4.90 Å². The summed E-state index contributed by atoms with van der Waals surface area (Å²) in [5.74, 6) is 0.675. The van der Waals surface area contributed by atoms with Gasteiger partial charge in [-0.05, 0) is 6.08 Å². The van der Waals surface area contributed by atoms with Gasteiger partial charge < -0.3 is 14.9 Å². The van der Waals surface area contributed by atoms with Gasteiger partial charge in [-0.3, -0.25) is 14.5 Å². The number of carbonyl (C=O) groups excluding carboxylic acids is 2. The Bertz CT molecular complexity index is 485. The molecule has 4 atom stereocenters. The highest BCUT2D eigenvalue weighted by Gasteiger charge is 2.59. The van der Waals surface area contributed by atoms with Crippen molar-refractivity contribution in [3.63, 3.8) is 0 Å². The molecule has 0 saturated carbocycles. The smallest absolute Gasteiger partial charge is 0.243 e. The van der Waals surface area contributed by atoms with Crippen LogP contribution in [-0.4, -0.2) is 57.5 Å². The Balaban J connectivity index is 2.34. The fourth-order valence-electron chi connectivity index (χ4n) is 2.08. The third-order valence-corrected chi connectivity index (χ3v) is 3.13. The number of aliphatic hydroxyl groups is 2. The van der Waals surface area contributed by atoms with E-state index in [1.54, 1.807) is 5.92 Å². The van der Waals surface area contributed by atoms with E-state index in [-0.39, 0.29) is 0 Å². The summed E-state index contributed by atoms with van der Waals surface area (Å²) in [5.41, 5.74) is -2.65. The number of hydrogen-bond donors (Lipinski definition) is 2. The number of allylic oxidation sites excluding steroid dienone is 1. The Morgan fingerprint density at radius 1 is 1.63 bits per heavy atom. The number of ketones is 1. The minimum atomic E-state index is -2.65. The second-order valence-corrected chi connectivity index (χ2v) is 4.33. The van der Waals surface area contributed by atoms with Gasteiger partial charge in [0.25, 0.3) is 0 Å². The van der Waals surface area contributed by atoms with Crippen molar-refractivity contribution in [3.05, 3.63) is 12.3 Å². The molecule has 0 spiro atoms. The van der Waals surface area contributed by atoms with Gasteiger partial charge in [-0.2, -0.15) is 0 Å². The molecule has 0 aromatic heterocycles. The summed E-state index contributed by atoms with van der Waals surface area (Å²) in [7, 11) is 0. The van der Waals surface area contributed by atoms with E-state index in [1.165, 1.54) is 0 Å². The van der Waals surface area contributed by atoms with Crippen molar-refractivity contribution in [2.45, 2.75) is 30.5 Å². The molecule has 2 N–H and O–H groups in total. The monoisotopic (exact) mass is 269 g/mol. The van der Waals surface area contributed by atoms with E-state index in [4.69, 9.17) is 16.3 Å². The average molecular weight is 269 g/mol. The number of alkyl halides is 1. The van der Waals surface area contributed by atoms with E-state index in [1.807, 2.05) is 0 Å². The summed E-state index contributed by atoms with van der Waals surface area (Å²) in [4.78, 5) is 23.6. The van der Waals surface area contributed by atoms with Gasteiger partial charge in [-0.1, -0.05) is 5.92 Å². The van der Waals surface area contributed by atoms with Crippen molar-refractivity contribution in [3.8, 4) is 12.3 Å². The van der Waals surface area contributed by atoms with Crippen LogP contribution in [0.25, 0.3) is 0 Å². The zero-order valence-corrected chi connectivity index (χ0v) is 9.82. The Kier molecular flexibility index (Phi) is 3.41. The summed E-state index contributed by atoms with van der Waals surface area (Å²) in [6.45, 7) is -0.643. The van der Waals surface area contributed by atoms with Crippen molar-refractivity contribution in [2.24, 2.45) is 0 Å². The van der Waals surface area contributed by atoms with Gasteiger partial charge in [0.1, 0.15) is 12.2 Å². The highest BCUT2D eigenvalue weighted by atomic mass is 19.1. The molecule has 2 heterocycles. The van der Waals surface area contributed by atoms with Crippen LogP contribution in [0.3, 0.4) is 0 Å². The molecule has 7 heteroatoms. The van der Waals surface area contributed by atoms with Crippen LogP contribution in [0.1, 0.15) is 6.42 Å². The first-order chi connectivity index (χ1) is 8.93. The van der Waals surface area contributed by atoms with Gasteiger partial charge in [0, 0.05) is 6.20 Å². The van der Waals surface area contributed by atoms with E-state index in [9.17, 15) is 19.1 Å². The lowest BCUT2D eigenvalue weighted by Gasteiger charge is -2.32. The molecule has 0 aromatic rings. The minimum Gasteiger partial charge on any atom is -0.394 e. The Morgan fingerprint density at radius 3 is 2.84 bits per heavy atom. The number of aliphatic hydroxyl groups excluding tert-OH is 2. The molecule has 1 amide bonds. The molecule has 0 bridgehead atoms. The van der Waals surface area contributed by atoms with Crippen LogP contribution in [0.15, 0.2) is 12.3 Å². The molecule has 19 heavy (non-hydrogen) atoms. The van der Waals surface area contributed by atoms with E-state index in [2.05, 4.69) is 0 Å². The second-order valence-electron chi connectivity index (χ2n) is 4.33. The van der Waals surface area contributed by atoms with E-state index >= 15 is 0 Å². The van der Waals surface area contributed by atoms with Crippen molar-refractivity contribution >= 4 is 11.7 Å². The molecule has 2 aliphatic heterocycles. The molecule has 102 valence electrons. The molecule has 2 aliphatic rings. The number of terminal acetylenes is 1. The molecule has 6 nitrogen and oxygen atoms in total. The SMILES string of the molecule is C#C[C@@]1(F)[C@H](O)[C@@H](CO)O[C@H]1N1C=CC(=O)CC1=O. The van der Waals surface area contributed by atoms with Crippen LogP contribution in [0.5, 0.6) is 0 Å². The first kappa shape index (κ1) is 13.7. The van der Waals surface area contributed by atoms with Crippen LogP contribution in [0, 0.1) is 12.3 Å². The maximum atomic E-state index is 14.6. The van der Waals surface area contributed by atoms with Crippen molar-refractivity contribution in [1.29, 1.82) is 0 Å². The molecule has 0 unspecified atom stereocenters. The van der Waals surface area contributed by atoms with Gasteiger partial charge in [-0.25, -0.2) is 4.39 Å². The lowest BCUT2D eigenvalue weighted by Crippen LogP contribution is -2.52. The van der Waals surface area contributed by atoms with Crippen molar-refractivity contribution < 1.29 is 28.9 Å². The first-order valence-corrected chi connectivity index (χ1v) is 5.57. The number of ether oxygens (including phenoxy) is 1.